The van der Waals surface area contributed by atoms with Crippen LogP contribution in [0.2, 0.25) is 0 Å². The average molecular weight is 212 g/mol. The molecule has 0 aliphatic heterocycles. The minimum absolute atomic E-state index is 0.137. The number of hydrogen-bond donors (Lipinski definition) is 2. The van der Waals surface area contributed by atoms with Gasteiger partial charge in [0.25, 0.3) is 0 Å². The van der Waals surface area contributed by atoms with E-state index in [1.165, 1.54) is 0 Å². The van der Waals surface area contributed by atoms with E-state index in [9.17, 15) is 0 Å². The van der Waals surface area contributed by atoms with Crippen LogP contribution in [0.15, 0.2) is 18.2 Å². The molecule has 0 atom stereocenters. The summed E-state index contributed by atoms with van der Waals surface area (Å²) in [6.07, 6.45) is 0. The Bertz CT molecular complexity index is 303. The van der Waals surface area contributed by atoms with Gasteiger partial charge in [0, 0.05) is 0 Å². The molecule has 1 rings (SSSR count). The van der Waals surface area contributed by atoms with E-state index in [2.05, 4.69) is 4.97 Å². The van der Waals surface area contributed by atoms with Gasteiger partial charge < -0.3 is 0 Å². The summed E-state index contributed by atoms with van der Waals surface area (Å²) in [6, 6.07) is 5.30. The van der Waals surface area contributed by atoms with Gasteiger partial charge in [-0.3, -0.25) is 0 Å². The molecule has 4 N–H and O–H groups in total. The van der Waals surface area contributed by atoms with Crippen molar-refractivity contribution >= 4 is 30.8 Å². The molecule has 3 nitrogen and oxygen atoms in total. The van der Waals surface area contributed by atoms with Crippen molar-refractivity contribution in [3.8, 4) is 4.97 Å². The summed E-state index contributed by atoms with van der Waals surface area (Å²) in [5, 5.41) is 8.39. The van der Waals surface area contributed by atoms with E-state index in [0.29, 0.717) is 11.4 Å². The van der Waals surface area contributed by atoms with Crippen molar-refractivity contribution in [3.05, 3.63) is 18.2 Å². The van der Waals surface area contributed by atoms with Gasteiger partial charge in [0.2, 0.25) is 0 Å². The molecule has 1 aromatic carbocycles. The van der Waals surface area contributed by atoms with Crippen LogP contribution in [0, 0.1) is 10.2 Å². The van der Waals surface area contributed by atoms with Crippen LogP contribution >= 0.6 is 0 Å². The molecule has 0 aliphatic rings. The Morgan fingerprint density at radius 1 is 1.27 bits per heavy atom. The van der Waals surface area contributed by atoms with Crippen LogP contribution in [0.4, 0.5) is 11.4 Å². The molecule has 0 fully saturated rings. The van der Waals surface area contributed by atoms with Crippen LogP contribution in [0.1, 0.15) is 0 Å². The van der Waals surface area contributed by atoms with E-state index >= 15 is 0 Å². The molecule has 0 bridgehead atoms. The van der Waals surface area contributed by atoms with Crippen LogP contribution < -0.4 is 15.9 Å². The number of hydrogen-bond acceptors (Lipinski definition) is 3. The first-order chi connectivity index (χ1) is 5.24. The van der Waals surface area contributed by atoms with Crippen LogP contribution in [0.5, 0.6) is 0 Å². The molecular formula is C7H7N3Se. The number of nitriles is 1. The maximum atomic E-state index is 8.39. The van der Waals surface area contributed by atoms with Crippen molar-refractivity contribution in [2.24, 2.45) is 0 Å². The molecule has 0 amide bonds. The van der Waals surface area contributed by atoms with E-state index in [0.717, 1.165) is 4.46 Å². The summed E-state index contributed by atoms with van der Waals surface area (Å²) in [5.41, 5.74) is 12.1. The Morgan fingerprint density at radius 3 is 2.55 bits per heavy atom. The summed E-state index contributed by atoms with van der Waals surface area (Å²) < 4.78 is 0.965. The predicted octanol–water partition coefficient (Wildman–Crippen LogP) is -0.338. The Morgan fingerprint density at radius 2 is 2.00 bits per heavy atom. The zero-order valence-corrected chi connectivity index (χ0v) is 7.46. The molecule has 0 heterocycles. The number of nitrogens with zero attached hydrogens (tertiary/aromatic N) is 1. The van der Waals surface area contributed by atoms with Crippen LogP contribution in [0.25, 0.3) is 0 Å². The van der Waals surface area contributed by atoms with Gasteiger partial charge in [-0.05, 0) is 0 Å². The molecular weight excluding hydrogens is 205 g/mol. The maximum absolute atomic E-state index is 8.39. The molecule has 0 saturated carbocycles. The molecule has 0 aliphatic carbocycles. The quantitative estimate of drug-likeness (QED) is 0.494. The molecule has 4 heteroatoms. The van der Waals surface area contributed by atoms with Gasteiger partial charge in [-0.25, -0.2) is 0 Å². The third-order valence-electron chi connectivity index (χ3n) is 1.22. The molecule has 0 unspecified atom stereocenters. The normalized spacial score (nSPS) is 9.00. The third-order valence-corrected chi connectivity index (χ3v) is 2.44. The topological polar surface area (TPSA) is 75.8 Å². The number of anilines is 2. The van der Waals surface area contributed by atoms with E-state index in [-0.39, 0.29) is 15.0 Å². The zero-order chi connectivity index (χ0) is 8.27. The standard InChI is InChI=1S/C7H7N3Se/c8-4-11-5-1-2-6(9)7(10)3-5/h1-3H,9-10H2. The molecule has 56 valence electrons. The fourth-order valence-electron chi connectivity index (χ4n) is 0.669. The fourth-order valence-corrected chi connectivity index (χ4v) is 1.57. The van der Waals surface area contributed by atoms with Gasteiger partial charge in [0.05, 0.1) is 0 Å². The predicted molar refractivity (Wildman–Crippen MR) is 46.3 cm³/mol. The minimum atomic E-state index is -0.137. The summed E-state index contributed by atoms with van der Waals surface area (Å²) >= 11 is -0.137. The van der Waals surface area contributed by atoms with Gasteiger partial charge in [-0.1, -0.05) is 0 Å². The monoisotopic (exact) mass is 213 g/mol. The zero-order valence-electron chi connectivity index (χ0n) is 5.74. The average Bonchev–Trinajstić information content (AvgIpc) is 1.98. The molecule has 1 aromatic rings. The first-order valence-corrected chi connectivity index (χ1v) is 4.66. The second-order valence-electron chi connectivity index (χ2n) is 1.98. The van der Waals surface area contributed by atoms with Gasteiger partial charge in [-0.2, -0.15) is 0 Å². The van der Waals surface area contributed by atoms with Crippen LogP contribution in [0.3, 0.4) is 0 Å². The second-order valence-corrected chi connectivity index (χ2v) is 3.78. The summed E-state index contributed by atoms with van der Waals surface area (Å²) in [4.78, 5) is 2.10. The van der Waals surface area contributed by atoms with Crippen LogP contribution in [-0.4, -0.2) is 15.0 Å². The molecule has 0 spiro atoms. The number of rotatable bonds is 1. The van der Waals surface area contributed by atoms with E-state index in [4.69, 9.17) is 16.7 Å². The summed E-state index contributed by atoms with van der Waals surface area (Å²) in [5.74, 6) is 0. The van der Waals surface area contributed by atoms with Crippen LogP contribution in [-0.2, 0) is 0 Å². The Balaban J connectivity index is 2.98. The van der Waals surface area contributed by atoms with Crippen molar-refractivity contribution in [1.82, 2.24) is 0 Å². The number of nitrogens with two attached hydrogens (primary N) is 2. The van der Waals surface area contributed by atoms with Crippen molar-refractivity contribution in [1.29, 1.82) is 5.26 Å². The first-order valence-electron chi connectivity index (χ1n) is 2.95. The molecule has 0 saturated heterocycles. The first kappa shape index (κ1) is 7.93. The number of nitrogen functional groups attached to an aromatic ring is 2. The molecule has 0 radical (unpaired) electrons. The molecule has 11 heavy (non-hydrogen) atoms. The Hall–Kier alpha value is -1.17. The third kappa shape index (κ3) is 1.87. The van der Waals surface area contributed by atoms with Crippen molar-refractivity contribution < 1.29 is 0 Å². The van der Waals surface area contributed by atoms with E-state index in [1.807, 2.05) is 6.07 Å². The van der Waals surface area contributed by atoms with E-state index < -0.39 is 0 Å². The Labute approximate surface area is 71.1 Å². The van der Waals surface area contributed by atoms with Gasteiger partial charge in [0.15, 0.2) is 0 Å². The van der Waals surface area contributed by atoms with Gasteiger partial charge >= 0.3 is 70.7 Å². The van der Waals surface area contributed by atoms with E-state index in [1.54, 1.807) is 12.1 Å². The summed E-state index contributed by atoms with van der Waals surface area (Å²) in [7, 11) is 0. The fraction of sp³-hybridized carbons (Fsp3) is 0. The second kappa shape index (κ2) is 3.29. The van der Waals surface area contributed by atoms with Gasteiger partial charge in [-0.15, -0.1) is 0 Å². The Kier molecular flexibility index (Phi) is 2.37. The van der Waals surface area contributed by atoms with Crippen molar-refractivity contribution in [2.45, 2.75) is 0 Å². The van der Waals surface area contributed by atoms with Crippen molar-refractivity contribution in [2.75, 3.05) is 11.5 Å². The van der Waals surface area contributed by atoms with Gasteiger partial charge in [0.1, 0.15) is 0 Å². The van der Waals surface area contributed by atoms with Crippen molar-refractivity contribution in [3.63, 3.8) is 0 Å². The number of benzene rings is 1. The summed E-state index contributed by atoms with van der Waals surface area (Å²) in [6.45, 7) is 0. The molecule has 0 aromatic heterocycles. The SMILES string of the molecule is N#C[Se]c1ccc(N)c(N)c1.